The molecule has 0 radical (unpaired) electrons. The number of aliphatic hydroxyl groups is 1. The summed E-state index contributed by atoms with van der Waals surface area (Å²) in [5, 5.41) is 9.84. The molecule has 0 aromatic heterocycles. The third kappa shape index (κ3) is 5.22. The Morgan fingerprint density at radius 2 is 1.68 bits per heavy atom. The van der Waals surface area contributed by atoms with Crippen LogP contribution in [0.5, 0.6) is 0 Å². The highest BCUT2D eigenvalue weighted by atomic mass is 28.4. The summed E-state index contributed by atoms with van der Waals surface area (Å²) in [6, 6.07) is 23.2. The van der Waals surface area contributed by atoms with E-state index in [-0.39, 0.29) is 48.3 Å². The van der Waals surface area contributed by atoms with Crippen molar-refractivity contribution in [2.45, 2.75) is 82.0 Å². The predicted molar refractivity (Wildman–Crippen MR) is 182 cm³/mol. The summed E-state index contributed by atoms with van der Waals surface area (Å²) in [7, 11) is -2.92. The molecule has 9 nitrogen and oxygen atoms in total. The summed E-state index contributed by atoms with van der Waals surface area (Å²) in [4.78, 5) is 58.1. The summed E-state index contributed by atoms with van der Waals surface area (Å²) in [5.41, 5.74) is 3.58. The van der Waals surface area contributed by atoms with Gasteiger partial charge >= 0.3 is 0 Å². The number of ether oxygens (including phenoxy) is 1. The number of anilines is 3. The van der Waals surface area contributed by atoms with Gasteiger partial charge in [0, 0.05) is 35.7 Å². The van der Waals surface area contributed by atoms with Gasteiger partial charge in [-0.2, -0.15) is 0 Å². The van der Waals surface area contributed by atoms with Crippen LogP contribution in [-0.2, 0) is 37.7 Å². The van der Waals surface area contributed by atoms with E-state index in [4.69, 9.17) is 4.74 Å². The summed E-state index contributed by atoms with van der Waals surface area (Å²) in [6.45, 7) is 6.51. The third-order valence-corrected chi connectivity index (χ3v) is 13.3. The number of benzene rings is 3. The van der Waals surface area contributed by atoms with Gasteiger partial charge in [-0.05, 0) is 67.7 Å². The Kier molecular flexibility index (Phi) is 8.11. The molecule has 0 unspecified atom stereocenters. The first-order valence-electron chi connectivity index (χ1n) is 16.8. The van der Waals surface area contributed by atoms with Crippen molar-refractivity contribution >= 4 is 43.1 Å². The molecule has 1 spiro atoms. The minimum atomic E-state index is -2.92. The highest BCUT2D eigenvalue weighted by Crippen LogP contribution is 2.59. The first-order valence-corrected chi connectivity index (χ1v) is 19.8. The number of carbonyl (C=O) groups excluding carboxylic acids is 3. The molecule has 3 aromatic rings. The number of hydrogen-bond donors (Lipinski definition) is 2. The van der Waals surface area contributed by atoms with Crippen LogP contribution in [0.2, 0.25) is 18.6 Å². The van der Waals surface area contributed by atoms with Crippen molar-refractivity contribution in [2.24, 2.45) is 5.92 Å². The lowest BCUT2D eigenvalue weighted by molar-refractivity contribution is -0.150. The fourth-order valence-corrected chi connectivity index (χ4v) is 11.2. The van der Waals surface area contributed by atoms with Gasteiger partial charge in [-0.15, -0.1) is 0 Å². The molecule has 2 N–H and O–H groups in total. The summed E-state index contributed by atoms with van der Waals surface area (Å²) in [6.07, 6.45) is 2.22. The van der Waals surface area contributed by atoms with E-state index in [0.29, 0.717) is 19.5 Å². The minimum absolute atomic E-state index is 0.0551. The van der Waals surface area contributed by atoms with Crippen molar-refractivity contribution in [3.05, 3.63) is 89.5 Å². The third-order valence-electron chi connectivity index (χ3n) is 10.8. The number of nitrogens with zero attached hydrogens (tertiary/aromatic N) is 3. The average molecular weight is 654 g/mol. The fourth-order valence-electron chi connectivity index (χ4n) is 8.68. The molecule has 4 aliphatic rings. The van der Waals surface area contributed by atoms with Gasteiger partial charge < -0.3 is 24.4 Å². The molecule has 5 atom stereocenters. The van der Waals surface area contributed by atoms with Crippen LogP contribution in [0.3, 0.4) is 0 Å². The first-order chi connectivity index (χ1) is 22.5. The SMILES string of the molecule is C[C@H]1[C@H]([Si](C)(C)O)[C@@H](CC(=O)N2CCC[C@H]2CO)O[C@]12C(=O)N(Cc1ccc(N3C(=O)CCc4ccccc43)cc1)c1ccccc12. The van der Waals surface area contributed by atoms with Crippen LogP contribution < -0.4 is 9.80 Å². The Bertz CT molecular complexity index is 1710. The molecule has 2 fully saturated rings. The molecule has 4 heterocycles. The van der Waals surface area contributed by atoms with Crippen LogP contribution in [-0.4, -0.2) is 66.1 Å². The largest absolute Gasteiger partial charge is 0.432 e. The zero-order valence-corrected chi connectivity index (χ0v) is 28.3. The second-order valence-electron chi connectivity index (χ2n) is 14.1. The molecular weight excluding hydrogens is 611 g/mol. The van der Waals surface area contributed by atoms with Crippen LogP contribution in [0.1, 0.15) is 49.3 Å². The Balaban J connectivity index is 1.18. The van der Waals surface area contributed by atoms with E-state index in [1.54, 1.807) is 14.7 Å². The molecule has 47 heavy (non-hydrogen) atoms. The van der Waals surface area contributed by atoms with Crippen LogP contribution >= 0.6 is 0 Å². The van der Waals surface area contributed by atoms with Crippen LogP contribution in [0, 0.1) is 5.92 Å². The van der Waals surface area contributed by atoms with Crippen molar-refractivity contribution in [1.82, 2.24) is 4.90 Å². The maximum atomic E-state index is 14.7. The van der Waals surface area contributed by atoms with Crippen molar-refractivity contribution in [2.75, 3.05) is 23.0 Å². The summed E-state index contributed by atoms with van der Waals surface area (Å²) >= 11 is 0. The fraction of sp³-hybridized carbons (Fsp3) is 0.432. The maximum absolute atomic E-state index is 14.7. The molecule has 3 amide bonds. The predicted octanol–water partition coefficient (Wildman–Crippen LogP) is 5.02. The smallest absolute Gasteiger partial charge is 0.264 e. The summed E-state index contributed by atoms with van der Waals surface area (Å²) in [5.74, 6) is -0.609. The van der Waals surface area contributed by atoms with Crippen LogP contribution in [0.4, 0.5) is 17.1 Å². The molecule has 4 aliphatic heterocycles. The topological polar surface area (TPSA) is 111 Å². The Morgan fingerprint density at radius 3 is 2.40 bits per heavy atom. The van der Waals surface area contributed by atoms with Gasteiger partial charge in [-0.1, -0.05) is 55.5 Å². The number of aryl methyl sites for hydroxylation is 1. The van der Waals surface area contributed by atoms with E-state index in [9.17, 15) is 24.3 Å². The Labute approximate surface area is 276 Å². The lowest BCUT2D eigenvalue weighted by Crippen LogP contribution is -2.46. The second-order valence-corrected chi connectivity index (χ2v) is 18.0. The number of aliphatic hydroxyl groups excluding tert-OH is 1. The number of amides is 3. The number of rotatable bonds is 7. The van der Waals surface area contributed by atoms with Crippen LogP contribution in [0.15, 0.2) is 72.8 Å². The minimum Gasteiger partial charge on any atom is -0.432 e. The quantitative estimate of drug-likeness (QED) is 0.347. The highest BCUT2D eigenvalue weighted by molar-refractivity contribution is 6.71. The molecule has 10 heteroatoms. The van der Waals surface area contributed by atoms with E-state index < -0.39 is 20.0 Å². The highest BCUT2D eigenvalue weighted by Gasteiger charge is 2.66. The van der Waals surface area contributed by atoms with Crippen molar-refractivity contribution in [3.63, 3.8) is 0 Å². The zero-order valence-electron chi connectivity index (χ0n) is 27.3. The molecule has 2 saturated heterocycles. The summed E-state index contributed by atoms with van der Waals surface area (Å²) < 4.78 is 6.84. The van der Waals surface area contributed by atoms with E-state index in [0.717, 1.165) is 53.0 Å². The standard InChI is InChI=1S/C37H43N3O6Si/c1-24-35(47(2,3)45)32(21-34(43)38-20-8-10-28(38)23-41)46-37(24)29-11-5-7-13-31(29)39(36(37)44)22-25-14-17-27(18-15-25)40-30-12-6-4-9-26(30)16-19-33(40)42/h4-7,9,11-15,17-18,24,28,32,35,41,45H,8,10,16,19-23H2,1-3H3/t24-,28-,32+,35-,37+/m0/s1. The Morgan fingerprint density at radius 1 is 0.979 bits per heavy atom. The maximum Gasteiger partial charge on any atom is 0.264 e. The molecule has 246 valence electrons. The molecule has 0 aliphatic carbocycles. The normalized spacial score (nSPS) is 27.1. The van der Waals surface area contributed by atoms with E-state index in [1.165, 1.54) is 0 Å². The van der Waals surface area contributed by atoms with E-state index in [1.807, 2.05) is 86.7 Å². The van der Waals surface area contributed by atoms with Crippen molar-refractivity contribution in [1.29, 1.82) is 0 Å². The van der Waals surface area contributed by atoms with E-state index in [2.05, 4.69) is 6.07 Å². The van der Waals surface area contributed by atoms with Crippen molar-refractivity contribution in [3.8, 4) is 0 Å². The molecular formula is C37H43N3O6Si. The molecule has 0 saturated carbocycles. The lowest BCUT2D eigenvalue weighted by Gasteiger charge is -2.33. The monoisotopic (exact) mass is 653 g/mol. The van der Waals surface area contributed by atoms with Gasteiger partial charge in [0.1, 0.15) is 0 Å². The number of likely N-dealkylation sites (tertiary alicyclic amines) is 1. The van der Waals surface area contributed by atoms with Gasteiger partial charge in [0.15, 0.2) is 13.9 Å². The second kappa shape index (κ2) is 12.0. The zero-order chi connectivity index (χ0) is 33.1. The van der Waals surface area contributed by atoms with E-state index >= 15 is 0 Å². The van der Waals surface area contributed by atoms with Gasteiger partial charge in [0.2, 0.25) is 11.8 Å². The van der Waals surface area contributed by atoms with Gasteiger partial charge in [-0.25, -0.2) is 0 Å². The number of carbonyl (C=O) groups is 3. The molecule has 3 aromatic carbocycles. The van der Waals surface area contributed by atoms with Crippen molar-refractivity contribution < 1.29 is 29.0 Å². The lowest BCUT2D eigenvalue weighted by atomic mass is 9.82. The number of para-hydroxylation sites is 2. The number of hydrogen-bond acceptors (Lipinski definition) is 6. The average Bonchev–Trinajstić information content (AvgIpc) is 3.72. The van der Waals surface area contributed by atoms with Gasteiger partial charge in [0.25, 0.3) is 5.91 Å². The first kappa shape index (κ1) is 31.8. The molecule has 7 rings (SSSR count). The molecule has 0 bridgehead atoms. The Hall–Kier alpha value is -3.83. The van der Waals surface area contributed by atoms with Gasteiger partial charge in [-0.3, -0.25) is 19.3 Å². The van der Waals surface area contributed by atoms with Crippen LogP contribution in [0.25, 0.3) is 0 Å². The number of fused-ring (bicyclic) bond motifs is 3. The van der Waals surface area contributed by atoms with Gasteiger partial charge in [0.05, 0.1) is 43.1 Å².